The van der Waals surface area contributed by atoms with E-state index in [-0.39, 0.29) is 0 Å². The van der Waals surface area contributed by atoms with Crippen LogP contribution in [-0.4, -0.2) is 43.7 Å². The lowest BCUT2D eigenvalue weighted by Crippen LogP contribution is -2.64. The van der Waals surface area contributed by atoms with E-state index in [1.165, 1.54) is 26.2 Å². The molecule has 0 aromatic rings. The van der Waals surface area contributed by atoms with Gasteiger partial charge < -0.3 is 9.13 Å². The van der Waals surface area contributed by atoms with Crippen molar-refractivity contribution < 1.29 is 0 Å². The van der Waals surface area contributed by atoms with Crippen LogP contribution in [0, 0.1) is 23.7 Å². The predicted octanol–water partition coefficient (Wildman–Crippen LogP) is 4.92. The van der Waals surface area contributed by atoms with Gasteiger partial charge in [0, 0.05) is 0 Å². The van der Waals surface area contributed by atoms with Crippen LogP contribution >= 0.6 is 0 Å². The first kappa shape index (κ1) is 21.1. The topological polar surface area (TPSA) is 6.48 Å². The highest BCUT2D eigenvalue weighted by Gasteiger charge is 2.37. The predicted molar refractivity (Wildman–Crippen MR) is 100.0 cm³/mol. The van der Waals surface area contributed by atoms with Crippen molar-refractivity contribution in [3.63, 3.8) is 0 Å². The van der Waals surface area contributed by atoms with Gasteiger partial charge in [0.15, 0.2) is 8.40 Å². The Morgan fingerprint density at radius 2 is 0.714 bits per heavy atom. The van der Waals surface area contributed by atoms with Gasteiger partial charge in [-0.1, -0.05) is 55.4 Å². The van der Waals surface area contributed by atoms with Crippen molar-refractivity contribution in [3.8, 4) is 0 Å². The molecule has 0 unspecified atom stereocenters. The summed E-state index contributed by atoms with van der Waals surface area (Å²) in [7, 11) is -1.55. The van der Waals surface area contributed by atoms with Crippen LogP contribution in [0.25, 0.3) is 0 Å². The van der Waals surface area contributed by atoms with Crippen molar-refractivity contribution in [1.29, 1.82) is 0 Å². The third kappa shape index (κ3) is 8.37. The third-order valence-electron chi connectivity index (χ3n) is 3.89. The van der Waals surface area contributed by atoms with E-state index in [9.17, 15) is 0 Å². The monoisotopic (exact) mass is 314 g/mol. The standard InChI is InChI=1S/C18H42N2Si/c1-15(2)11-19(12-16(3)4)21(9,10)20(13-17(5)6)14-18(7)8/h15-18H,11-14H2,1-10H3. The molecule has 0 amide bonds. The maximum absolute atomic E-state index is 2.84. The fourth-order valence-corrected chi connectivity index (χ4v) is 6.65. The fourth-order valence-electron chi connectivity index (χ4n) is 3.01. The van der Waals surface area contributed by atoms with Gasteiger partial charge in [-0.2, -0.15) is 0 Å². The molecule has 0 N–H and O–H groups in total. The zero-order chi connectivity index (χ0) is 16.8. The van der Waals surface area contributed by atoms with Crippen molar-refractivity contribution in [1.82, 2.24) is 9.13 Å². The lowest BCUT2D eigenvalue weighted by Gasteiger charge is -2.47. The Kier molecular flexibility index (Phi) is 9.38. The Morgan fingerprint density at radius 3 is 0.857 bits per heavy atom. The van der Waals surface area contributed by atoms with E-state index in [1.807, 2.05) is 0 Å². The molecule has 3 heteroatoms. The lowest BCUT2D eigenvalue weighted by molar-refractivity contribution is 0.254. The Hall–Kier alpha value is 0.137. The van der Waals surface area contributed by atoms with Crippen LogP contribution in [0.1, 0.15) is 55.4 Å². The second-order valence-corrected chi connectivity index (χ2v) is 13.1. The normalized spacial score (nSPS) is 13.7. The SMILES string of the molecule is CC(C)CN(CC(C)C)[Si](C)(C)N(CC(C)C)CC(C)C. The van der Waals surface area contributed by atoms with Crippen molar-refractivity contribution in [2.45, 2.75) is 68.5 Å². The van der Waals surface area contributed by atoms with Gasteiger partial charge in [0.25, 0.3) is 0 Å². The van der Waals surface area contributed by atoms with Crippen molar-refractivity contribution in [2.75, 3.05) is 26.2 Å². The molecule has 0 aromatic carbocycles. The zero-order valence-electron chi connectivity index (χ0n) is 16.5. The molecule has 0 radical (unpaired) electrons. The number of rotatable bonds is 10. The highest BCUT2D eigenvalue weighted by atomic mass is 28.3. The van der Waals surface area contributed by atoms with Crippen LogP contribution in [0.2, 0.25) is 13.1 Å². The van der Waals surface area contributed by atoms with E-state index in [4.69, 9.17) is 0 Å². The quantitative estimate of drug-likeness (QED) is 0.528. The highest BCUT2D eigenvalue weighted by molar-refractivity contribution is 6.71. The molecule has 0 bridgehead atoms. The minimum Gasteiger partial charge on any atom is -0.311 e. The summed E-state index contributed by atoms with van der Waals surface area (Å²) in [4.78, 5) is 0. The summed E-state index contributed by atoms with van der Waals surface area (Å²) in [5.74, 6) is 2.98. The second-order valence-electron chi connectivity index (χ2n) is 8.88. The minimum absolute atomic E-state index is 0.746. The Labute approximate surface area is 136 Å². The van der Waals surface area contributed by atoms with Gasteiger partial charge >= 0.3 is 0 Å². The van der Waals surface area contributed by atoms with Crippen LogP contribution < -0.4 is 0 Å². The molecule has 0 saturated heterocycles. The Balaban J connectivity index is 5.22. The largest absolute Gasteiger partial charge is 0.311 e. The summed E-state index contributed by atoms with van der Waals surface area (Å²) in [5, 5.41) is 0. The molecule has 0 aliphatic carbocycles. The fraction of sp³-hybridized carbons (Fsp3) is 1.00. The van der Waals surface area contributed by atoms with Crippen LogP contribution in [0.3, 0.4) is 0 Å². The van der Waals surface area contributed by atoms with Gasteiger partial charge in [-0.25, -0.2) is 0 Å². The molecule has 0 aromatic heterocycles. The Bertz CT molecular complexity index is 226. The van der Waals surface area contributed by atoms with E-state index in [0.717, 1.165) is 23.7 Å². The second kappa shape index (κ2) is 9.31. The summed E-state index contributed by atoms with van der Waals surface area (Å²) >= 11 is 0. The maximum Gasteiger partial charge on any atom is 0.200 e. The molecule has 0 saturated carbocycles. The van der Waals surface area contributed by atoms with Crippen LogP contribution in [0.15, 0.2) is 0 Å². The lowest BCUT2D eigenvalue weighted by atomic mass is 10.2. The molecule has 128 valence electrons. The third-order valence-corrected chi connectivity index (χ3v) is 7.72. The molecule has 0 aliphatic heterocycles. The van der Waals surface area contributed by atoms with Crippen LogP contribution in [0.4, 0.5) is 0 Å². The average molecular weight is 315 g/mol. The van der Waals surface area contributed by atoms with Crippen LogP contribution in [0.5, 0.6) is 0 Å². The summed E-state index contributed by atoms with van der Waals surface area (Å²) in [6, 6.07) is 0. The summed E-state index contributed by atoms with van der Waals surface area (Å²) in [6.07, 6.45) is 0. The molecule has 0 rings (SSSR count). The molecule has 0 fully saturated rings. The van der Waals surface area contributed by atoms with Crippen molar-refractivity contribution >= 4 is 8.40 Å². The molecule has 0 aliphatic rings. The van der Waals surface area contributed by atoms with Gasteiger partial charge in [-0.15, -0.1) is 0 Å². The molecular weight excluding hydrogens is 272 g/mol. The van der Waals surface area contributed by atoms with E-state index in [1.54, 1.807) is 0 Å². The smallest absolute Gasteiger partial charge is 0.200 e. The average Bonchev–Trinajstić information content (AvgIpc) is 2.24. The number of hydrogen-bond acceptors (Lipinski definition) is 2. The molecule has 0 spiro atoms. The number of nitrogens with zero attached hydrogens (tertiary/aromatic N) is 2. The molecule has 2 nitrogen and oxygen atoms in total. The summed E-state index contributed by atoms with van der Waals surface area (Å²) < 4.78 is 5.68. The van der Waals surface area contributed by atoms with Gasteiger partial charge in [0.05, 0.1) is 0 Å². The first-order valence-electron chi connectivity index (χ1n) is 8.96. The van der Waals surface area contributed by atoms with E-state index in [2.05, 4.69) is 77.6 Å². The molecular formula is C18H42N2Si. The number of hydrogen-bond donors (Lipinski definition) is 0. The van der Waals surface area contributed by atoms with Gasteiger partial charge in [0.1, 0.15) is 0 Å². The van der Waals surface area contributed by atoms with Gasteiger partial charge in [0.2, 0.25) is 0 Å². The van der Waals surface area contributed by atoms with E-state index in [0.29, 0.717) is 0 Å². The highest BCUT2D eigenvalue weighted by Crippen LogP contribution is 2.22. The van der Waals surface area contributed by atoms with E-state index < -0.39 is 8.40 Å². The minimum atomic E-state index is -1.55. The van der Waals surface area contributed by atoms with Crippen molar-refractivity contribution in [3.05, 3.63) is 0 Å². The maximum atomic E-state index is 2.84. The summed E-state index contributed by atoms with van der Waals surface area (Å²) in [6.45, 7) is 28.9. The Morgan fingerprint density at radius 1 is 0.524 bits per heavy atom. The van der Waals surface area contributed by atoms with Crippen molar-refractivity contribution in [2.24, 2.45) is 23.7 Å². The molecule has 0 atom stereocenters. The molecule has 0 heterocycles. The van der Waals surface area contributed by atoms with Gasteiger partial charge in [-0.3, -0.25) is 0 Å². The first-order valence-corrected chi connectivity index (χ1v) is 11.9. The first-order chi connectivity index (χ1) is 9.46. The van der Waals surface area contributed by atoms with Gasteiger partial charge in [-0.05, 0) is 62.9 Å². The zero-order valence-corrected chi connectivity index (χ0v) is 17.5. The summed E-state index contributed by atoms with van der Waals surface area (Å²) in [5.41, 5.74) is 0. The van der Waals surface area contributed by atoms with Crippen LogP contribution in [-0.2, 0) is 0 Å². The molecule has 21 heavy (non-hydrogen) atoms. The van der Waals surface area contributed by atoms with E-state index >= 15 is 0 Å².